The fraction of sp³-hybridized carbons (Fsp3) is 0.462. The molecule has 4 rings (SSSR count). The summed E-state index contributed by atoms with van der Waals surface area (Å²) in [7, 11) is 4.02. The number of aromatic nitrogens is 2. The molecule has 0 radical (unpaired) electrons. The van der Waals surface area contributed by atoms with Crippen molar-refractivity contribution in [1.82, 2.24) is 15.3 Å². The van der Waals surface area contributed by atoms with Crippen LogP contribution >= 0.6 is 0 Å². The van der Waals surface area contributed by atoms with Gasteiger partial charge in [-0.25, -0.2) is 13.8 Å². The Balaban J connectivity index is 1.20. The molecule has 0 aliphatic heterocycles. The normalized spacial score (nSPS) is 18.4. The largest absolute Gasteiger partial charge is 0.362 e. The Morgan fingerprint density at radius 1 is 0.970 bits per heavy atom. The van der Waals surface area contributed by atoms with Gasteiger partial charge in [-0.2, -0.15) is 4.98 Å². The van der Waals surface area contributed by atoms with Crippen LogP contribution in [0, 0.1) is 17.6 Å². The maximum Gasteiger partial charge on any atom is 0.225 e. The molecule has 0 bridgehead atoms. The van der Waals surface area contributed by atoms with Gasteiger partial charge in [-0.1, -0.05) is 18.2 Å². The third kappa shape index (κ3) is 6.16. The van der Waals surface area contributed by atoms with Gasteiger partial charge >= 0.3 is 0 Å². The van der Waals surface area contributed by atoms with Crippen LogP contribution in [-0.2, 0) is 6.42 Å². The second kappa shape index (κ2) is 10.9. The molecule has 5 nitrogen and oxygen atoms in total. The number of nitrogens with zero attached hydrogens (tertiary/aromatic N) is 3. The lowest BCUT2D eigenvalue weighted by Gasteiger charge is -2.29. The minimum atomic E-state index is -0.785. The fourth-order valence-corrected chi connectivity index (χ4v) is 4.58. The lowest BCUT2D eigenvalue weighted by Crippen LogP contribution is -2.32. The fourth-order valence-electron chi connectivity index (χ4n) is 4.58. The van der Waals surface area contributed by atoms with Crippen molar-refractivity contribution in [3.63, 3.8) is 0 Å². The summed E-state index contributed by atoms with van der Waals surface area (Å²) >= 11 is 0. The first-order valence-electron chi connectivity index (χ1n) is 11.8. The Morgan fingerprint density at radius 2 is 1.76 bits per heavy atom. The Hall–Kier alpha value is -2.80. The predicted octanol–water partition coefficient (Wildman–Crippen LogP) is 5.17. The number of halogens is 2. The van der Waals surface area contributed by atoms with Crippen LogP contribution in [0.15, 0.2) is 42.5 Å². The molecule has 0 atom stereocenters. The van der Waals surface area contributed by atoms with Gasteiger partial charge in [-0.3, -0.25) is 0 Å². The van der Waals surface area contributed by atoms with Crippen LogP contribution in [-0.4, -0.2) is 43.2 Å². The van der Waals surface area contributed by atoms with Crippen molar-refractivity contribution in [2.24, 2.45) is 5.92 Å². The highest BCUT2D eigenvalue weighted by atomic mass is 19.2. The number of hydrogen-bond acceptors (Lipinski definition) is 5. The predicted molar refractivity (Wildman–Crippen MR) is 131 cm³/mol. The second-order valence-corrected chi connectivity index (χ2v) is 9.20. The van der Waals surface area contributed by atoms with Gasteiger partial charge in [0.1, 0.15) is 5.82 Å². The van der Waals surface area contributed by atoms with Gasteiger partial charge in [0.2, 0.25) is 5.95 Å². The minimum Gasteiger partial charge on any atom is -0.362 e. The van der Waals surface area contributed by atoms with Crippen LogP contribution in [0.4, 0.5) is 20.5 Å². The summed E-state index contributed by atoms with van der Waals surface area (Å²) in [6, 6.07) is 12.7. The average molecular weight is 454 g/mol. The number of anilines is 2. The summed E-state index contributed by atoms with van der Waals surface area (Å²) < 4.78 is 26.3. The van der Waals surface area contributed by atoms with Gasteiger partial charge in [0.05, 0.1) is 5.52 Å². The standard InChI is InChI=1S/C26H33F2N5/c1-33(2)25-21-7-3-4-8-24(21)31-26(32-25)30-20-12-9-19(10-13-20)17-29-15-5-6-18-11-14-22(27)23(28)16-18/h3-4,7-8,11,14,16,19-20,29H,5-6,9-10,12-13,15,17H2,1-2H3,(H,30,31,32)/t19-,20+. The Bertz CT molecular complexity index is 1060. The summed E-state index contributed by atoms with van der Waals surface area (Å²) in [5.74, 6) is 0.756. The molecule has 1 aliphatic carbocycles. The van der Waals surface area contributed by atoms with Crippen molar-refractivity contribution >= 4 is 22.7 Å². The van der Waals surface area contributed by atoms with Crippen LogP contribution in [0.3, 0.4) is 0 Å². The van der Waals surface area contributed by atoms with Crippen molar-refractivity contribution in [1.29, 1.82) is 0 Å². The molecule has 33 heavy (non-hydrogen) atoms. The van der Waals surface area contributed by atoms with E-state index in [-0.39, 0.29) is 0 Å². The van der Waals surface area contributed by atoms with E-state index in [1.54, 1.807) is 6.07 Å². The Morgan fingerprint density at radius 3 is 2.52 bits per heavy atom. The average Bonchev–Trinajstić information content (AvgIpc) is 2.81. The third-order valence-corrected chi connectivity index (χ3v) is 6.42. The van der Waals surface area contributed by atoms with Crippen molar-refractivity contribution in [3.05, 3.63) is 59.7 Å². The van der Waals surface area contributed by atoms with Crippen molar-refractivity contribution in [2.75, 3.05) is 37.4 Å². The number of benzene rings is 2. The van der Waals surface area contributed by atoms with Crippen LogP contribution < -0.4 is 15.5 Å². The lowest BCUT2D eigenvalue weighted by atomic mass is 9.86. The zero-order valence-electron chi connectivity index (χ0n) is 19.5. The second-order valence-electron chi connectivity index (χ2n) is 9.20. The highest BCUT2D eigenvalue weighted by molar-refractivity contribution is 5.90. The zero-order chi connectivity index (χ0) is 23.2. The molecule has 0 saturated heterocycles. The van der Waals surface area contributed by atoms with Crippen LogP contribution in [0.1, 0.15) is 37.7 Å². The summed E-state index contributed by atoms with van der Waals surface area (Å²) in [5, 5.41) is 8.17. The van der Waals surface area contributed by atoms with E-state index in [1.165, 1.54) is 25.0 Å². The molecule has 0 spiro atoms. The van der Waals surface area contributed by atoms with E-state index in [2.05, 4.69) is 16.7 Å². The van der Waals surface area contributed by atoms with Gasteiger partial charge < -0.3 is 15.5 Å². The zero-order valence-corrected chi connectivity index (χ0v) is 19.5. The molecule has 1 fully saturated rings. The van der Waals surface area contributed by atoms with Gasteiger partial charge in [-0.15, -0.1) is 0 Å². The lowest BCUT2D eigenvalue weighted by molar-refractivity contribution is 0.324. The van der Waals surface area contributed by atoms with Crippen molar-refractivity contribution < 1.29 is 8.78 Å². The summed E-state index contributed by atoms with van der Waals surface area (Å²) in [6.45, 7) is 1.89. The van der Waals surface area contributed by atoms with Crippen molar-refractivity contribution in [3.8, 4) is 0 Å². The van der Waals surface area contributed by atoms with E-state index in [1.807, 2.05) is 37.2 Å². The van der Waals surface area contributed by atoms with Gasteiger partial charge in [0.15, 0.2) is 11.6 Å². The number of rotatable bonds is 9. The summed E-state index contributed by atoms with van der Waals surface area (Å²) in [4.78, 5) is 11.5. The third-order valence-electron chi connectivity index (χ3n) is 6.42. The van der Waals surface area contributed by atoms with Gasteiger partial charge in [-0.05, 0) is 87.4 Å². The summed E-state index contributed by atoms with van der Waals surface area (Å²) in [6.07, 6.45) is 6.21. The first kappa shape index (κ1) is 23.4. The van der Waals surface area contributed by atoms with Crippen LogP contribution in [0.2, 0.25) is 0 Å². The molecule has 1 saturated carbocycles. The van der Waals surface area contributed by atoms with Crippen LogP contribution in [0.5, 0.6) is 0 Å². The molecule has 176 valence electrons. The molecular formula is C26H33F2N5. The van der Waals surface area contributed by atoms with E-state index in [4.69, 9.17) is 9.97 Å². The molecule has 7 heteroatoms. The van der Waals surface area contributed by atoms with E-state index in [9.17, 15) is 8.78 Å². The van der Waals surface area contributed by atoms with E-state index in [0.29, 0.717) is 17.9 Å². The number of fused-ring (bicyclic) bond motifs is 1. The molecule has 1 aliphatic rings. The highest BCUT2D eigenvalue weighted by Crippen LogP contribution is 2.28. The molecule has 2 N–H and O–H groups in total. The molecule has 0 amide bonds. The topological polar surface area (TPSA) is 53.1 Å². The first-order chi connectivity index (χ1) is 16.0. The maximum atomic E-state index is 13.3. The SMILES string of the molecule is CN(C)c1nc(N[C@H]2CC[C@@H](CNCCCc3ccc(F)c(F)c3)CC2)nc2ccccc12. The number of para-hydroxylation sites is 1. The molecular weight excluding hydrogens is 420 g/mol. The Kier molecular flexibility index (Phi) is 7.70. The van der Waals surface area contributed by atoms with E-state index >= 15 is 0 Å². The van der Waals surface area contributed by atoms with Crippen LogP contribution in [0.25, 0.3) is 10.9 Å². The molecule has 3 aromatic rings. The molecule has 1 aromatic heterocycles. The quantitative estimate of drug-likeness (QED) is 0.438. The molecule has 0 unspecified atom stereocenters. The van der Waals surface area contributed by atoms with Gasteiger partial charge in [0.25, 0.3) is 0 Å². The smallest absolute Gasteiger partial charge is 0.225 e. The molecule has 2 aromatic carbocycles. The Labute approximate surface area is 194 Å². The monoisotopic (exact) mass is 453 g/mol. The van der Waals surface area contributed by atoms with E-state index in [0.717, 1.165) is 61.1 Å². The number of aryl methyl sites for hydroxylation is 1. The number of nitrogens with one attached hydrogen (secondary N) is 2. The highest BCUT2D eigenvalue weighted by Gasteiger charge is 2.22. The van der Waals surface area contributed by atoms with E-state index < -0.39 is 11.6 Å². The first-order valence-corrected chi connectivity index (χ1v) is 11.8. The van der Waals surface area contributed by atoms with Gasteiger partial charge in [0, 0.05) is 25.5 Å². The summed E-state index contributed by atoms with van der Waals surface area (Å²) in [5.41, 5.74) is 1.80. The molecule has 1 heterocycles. The van der Waals surface area contributed by atoms with Crippen molar-refractivity contribution in [2.45, 2.75) is 44.6 Å². The number of hydrogen-bond donors (Lipinski definition) is 2. The minimum absolute atomic E-state index is 0.394. The maximum absolute atomic E-state index is 13.3.